The van der Waals surface area contributed by atoms with E-state index in [4.69, 9.17) is 11.6 Å². The van der Waals surface area contributed by atoms with Crippen LogP contribution in [0.5, 0.6) is 0 Å². The highest BCUT2D eigenvalue weighted by molar-refractivity contribution is 6.53. The van der Waals surface area contributed by atoms with Gasteiger partial charge in [0.05, 0.1) is 0 Å². The van der Waals surface area contributed by atoms with Crippen molar-refractivity contribution in [1.82, 2.24) is 4.90 Å². The Balaban J connectivity index is 2.97. The van der Waals surface area contributed by atoms with E-state index in [1.54, 1.807) is 11.8 Å². The molecule has 0 aromatic heterocycles. The average Bonchev–Trinajstić information content (AvgIpc) is 2.02. The standard InChI is InChI=1S/C10H17ClN2O/c1-6(2)12-8-10(5,11)9(14)13(8)7(3)4/h6-7H,1-5H3. The van der Waals surface area contributed by atoms with Gasteiger partial charge in [-0.25, -0.2) is 0 Å². The first-order chi connectivity index (χ1) is 6.28. The zero-order valence-electron chi connectivity index (χ0n) is 9.34. The molecule has 1 aliphatic heterocycles. The molecule has 1 aliphatic rings. The second-order valence-electron chi connectivity index (χ2n) is 4.32. The summed E-state index contributed by atoms with van der Waals surface area (Å²) in [5, 5.41) is 0. The third kappa shape index (κ3) is 1.65. The fraction of sp³-hybridized carbons (Fsp3) is 0.800. The van der Waals surface area contributed by atoms with Crippen LogP contribution in [0.15, 0.2) is 4.99 Å². The second kappa shape index (κ2) is 3.54. The normalized spacial score (nSPS) is 30.4. The number of amidine groups is 1. The number of halogens is 1. The number of carbonyl (C=O) groups excluding carboxylic acids is 1. The summed E-state index contributed by atoms with van der Waals surface area (Å²) in [7, 11) is 0. The summed E-state index contributed by atoms with van der Waals surface area (Å²) in [5.41, 5.74) is 0. The van der Waals surface area contributed by atoms with E-state index in [-0.39, 0.29) is 18.0 Å². The maximum Gasteiger partial charge on any atom is 0.256 e. The molecule has 1 rings (SSSR count). The molecule has 4 heteroatoms. The van der Waals surface area contributed by atoms with Crippen LogP contribution >= 0.6 is 11.6 Å². The van der Waals surface area contributed by atoms with Gasteiger partial charge in [-0.3, -0.25) is 14.7 Å². The second-order valence-corrected chi connectivity index (χ2v) is 5.07. The molecule has 0 aromatic carbocycles. The number of likely N-dealkylation sites (tertiary alicyclic amines) is 1. The summed E-state index contributed by atoms with van der Waals surface area (Å²) < 4.78 is 0. The highest BCUT2D eigenvalue weighted by Gasteiger charge is 2.54. The van der Waals surface area contributed by atoms with Gasteiger partial charge in [0.25, 0.3) is 5.91 Å². The maximum atomic E-state index is 11.6. The van der Waals surface area contributed by atoms with Crippen LogP contribution in [0.4, 0.5) is 0 Å². The van der Waals surface area contributed by atoms with Gasteiger partial charge in [0.15, 0.2) is 4.87 Å². The van der Waals surface area contributed by atoms with E-state index in [2.05, 4.69) is 4.99 Å². The molecule has 0 N–H and O–H groups in total. The molecule has 1 amide bonds. The lowest BCUT2D eigenvalue weighted by atomic mass is 9.95. The highest BCUT2D eigenvalue weighted by atomic mass is 35.5. The summed E-state index contributed by atoms with van der Waals surface area (Å²) in [5.74, 6) is 0.655. The molecule has 3 nitrogen and oxygen atoms in total. The van der Waals surface area contributed by atoms with Crippen LogP contribution in [0.2, 0.25) is 0 Å². The first kappa shape index (κ1) is 11.5. The van der Waals surface area contributed by atoms with Crippen molar-refractivity contribution in [3.63, 3.8) is 0 Å². The molecule has 0 spiro atoms. The van der Waals surface area contributed by atoms with Crippen molar-refractivity contribution in [2.45, 2.75) is 51.6 Å². The summed E-state index contributed by atoms with van der Waals surface area (Å²) >= 11 is 6.08. The molecule has 1 saturated heterocycles. The summed E-state index contributed by atoms with van der Waals surface area (Å²) in [6, 6.07) is 0.296. The zero-order chi connectivity index (χ0) is 11.1. The smallest absolute Gasteiger partial charge is 0.256 e. The van der Waals surface area contributed by atoms with E-state index in [9.17, 15) is 4.79 Å². The van der Waals surface area contributed by atoms with E-state index in [1.165, 1.54) is 0 Å². The Labute approximate surface area is 90.1 Å². The Hall–Kier alpha value is -0.570. The summed E-state index contributed by atoms with van der Waals surface area (Å²) in [6.45, 7) is 9.57. The van der Waals surface area contributed by atoms with Gasteiger partial charge in [-0.15, -0.1) is 11.6 Å². The molecule has 1 atom stereocenters. The largest absolute Gasteiger partial charge is 0.294 e. The van der Waals surface area contributed by atoms with Gasteiger partial charge in [-0.1, -0.05) is 0 Å². The van der Waals surface area contributed by atoms with Gasteiger partial charge in [0, 0.05) is 12.1 Å². The minimum absolute atomic E-state index is 0.0476. The van der Waals surface area contributed by atoms with Crippen molar-refractivity contribution in [2.24, 2.45) is 4.99 Å². The number of alkyl halides is 1. The Morgan fingerprint density at radius 1 is 1.36 bits per heavy atom. The Kier molecular flexibility index (Phi) is 2.91. The Morgan fingerprint density at radius 3 is 2.21 bits per heavy atom. The van der Waals surface area contributed by atoms with E-state index < -0.39 is 4.87 Å². The monoisotopic (exact) mass is 216 g/mol. The SMILES string of the molecule is CC(C)N=C1N(C(C)C)C(=O)C1(C)Cl. The van der Waals surface area contributed by atoms with Gasteiger partial charge in [0.1, 0.15) is 5.84 Å². The third-order valence-electron chi connectivity index (χ3n) is 2.17. The van der Waals surface area contributed by atoms with E-state index in [0.717, 1.165) is 0 Å². The van der Waals surface area contributed by atoms with Gasteiger partial charge in [-0.2, -0.15) is 0 Å². The van der Waals surface area contributed by atoms with Crippen LogP contribution in [-0.4, -0.2) is 33.6 Å². The van der Waals surface area contributed by atoms with Crippen LogP contribution in [0.1, 0.15) is 34.6 Å². The number of β-lactam (4-membered cyclic amide) rings is 1. The number of hydrogen-bond acceptors (Lipinski definition) is 2. The fourth-order valence-electron chi connectivity index (χ4n) is 1.50. The highest BCUT2D eigenvalue weighted by Crippen LogP contribution is 2.34. The maximum absolute atomic E-state index is 11.6. The first-order valence-electron chi connectivity index (χ1n) is 4.89. The number of aliphatic imine (C=N–C) groups is 1. The first-order valence-corrected chi connectivity index (χ1v) is 5.27. The molecule has 14 heavy (non-hydrogen) atoms. The molecule has 0 aliphatic carbocycles. The minimum Gasteiger partial charge on any atom is -0.294 e. The van der Waals surface area contributed by atoms with Crippen molar-refractivity contribution in [2.75, 3.05) is 0 Å². The van der Waals surface area contributed by atoms with E-state index in [0.29, 0.717) is 5.84 Å². The van der Waals surface area contributed by atoms with Crippen LogP contribution < -0.4 is 0 Å². The lowest BCUT2D eigenvalue weighted by Crippen LogP contribution is -2.68. The Morgan fingerprint density at radius 2 is 1.86 bits per heavy atom. The Bertz CT molecular complexity index is 282. The zero-order valence-corrected chi connectivity index (χ0v) is 10.1. The van der Waals surface area contributed by atoms with E-state index >= 15 is 0 Å². The van der Waals surface area contributed by atoms with Gasteiger partial charge < -0.3 is 0 Å². The minimum atomic E-state index is -0.908. The number of carbonyl (C=O) groups is 1. The number of hydrogen-bond donors (Lipinski definition) is 0. The van der Waals surface area contributed by atoms with E-state index in [1.807, 2.05) is 27.7 Å². The third-order valence-corrected chi connectivity index (χ3v) is 2.50. The quantitative estimate of drug-likeness (QED) is 0.514. The lowest BCUT2D eigenvalue weighted by molar-refractivity contribution is -0.134. The van der Waals surface area contributed by atoms with Crippen LogP contribution in [0.3, 0.4) is 0 Å². The van der Waals surface area contributed by atoms with Crippen molar-refractivity contribution in [3.8, 4) is 0 Å². The van der Waals surface area contributed by atoms with Crippen LogP contribution in [0, 0.1) is 0 Å². The number of rotatable bonds is 2. The average molecular weight is 217 g/mol. The van der Waals surface area contributed by atoms with Crippen LogP contribution in [-0.2, 0) is 4.79 Å². The predicted molar refractivity (Wildman–Crippen MR) is 58.8 cm³/mol. The molecular weight excluding hydrogens is 200 g/mol. The van der Waals surface area contributed by atoms with Crippen molar-refractivity contribution >= 4 is 23.3 Å². The molecule has 1 unspecified atom stereocenters. The predicted octanol–water partition coefficient (Wildman–Crippen LogP) is 2.04. The van der Waals surface area contributed by atoms with Crippen molar-refractivity contribution < 1.29 is 4.79 Å². The lowest BCUT2D eigenvalue weighted by Gasteiger charge is -2.46. The molecule has 0 aromatic rings. The van der Waals surface area contributed by atoms with Gasteiger partial charge >= 0.3 is 0 Å². The number of nitrogens with zero attached hydrogens (tertiary/aromatic N) is 2. The topological polar surface area (TPSA) is 32.7 Å². The molecule has 1 heterocycles. The van der Waals surface area contributed by atoms with Gasteiger partial charge in [-0.05, 0) is 34.6 Å². The molecule has 80 valence electrons. The molecule has 1 fully saturated rings. The van der Waals surface area contributed by atoms with Crippen molar-refractivity contribution in [1.29, 1.82) is 0 Å². The van der Waals surface area contributed by atoms with Gasteiger partial charge in [0.2, 0.25) is 0 Å². The van der Waals surface area contributed by atoms with Crippen molar-refractivity contribution in [3.05, 3.63) is 0 Å². The summed E-state index contributed by atoms with van der Waals surface area (Å²) in [4.78, 5) is 16.8. The molecular formula is C10H17ClN2O. The van der Waals surface area contributed by atoms with Crippen LogP contribution in [0.25, 0.3) is 0 Å². The number of amides is 1. The fourth-order valence-corrected chi connectivity index (χ4v) is 1.73. The molecule has 0 bridgehead atoms. The summed E-state index contributed by atoms with van der Waals surface area (Å²) in [6.07, 6.45) is 0. The molecule has 0 radical (unpaired) electrons. The molecule has 0 saturated carbocycles.